The molecular weight excluding hydrogens is 385 g/mol. The highest BCUT2D eigenvalue weighted by molar-refractivity contribution is 9.13. The van der Waals surface area contributed by atoms with Gasteiger partial charge in [-0.15, -0.1) is 0 Å². The van der Waals surface area contributed by atoms with Crippen LogP contribution in [0.25, 0.3) is 0 Å². The van der Waals surface area contributed by atoms with Crippen molar-refractivity contribution in [3.63, 3.8) is 0 Å². The summed E-state index contributed by atoms with van der Waals surface area (Å²) in [4.78, 5) is 0. The van der Waals surface area contributed by atoms with Crippen LogP contribution in [0.3, 0.4) is 0 Å². The number of benzene rings is 1. The molecule has 0 saturated carbocycles. The van der Waals surface area contributed by atoms with E-state index in [0.29, 0.717) is 18.8 Å². The van der Waals surface area contributed by atoms with Crippen molar-refractivity contribution in [2.45, 2.75) is 19.6 Å². The number of hydrogen-bond acceptors (Lipinski definition) is 4. The quantitative estimate of drug-likeness (QED) is 0.717. The third-order valence-electron chi connectivity index (χ3n) is 2.24. The Morgan fingerprint density at radius 2 is 1.78 bits per heavy atom. The van der Waals surface area contributed by atoms with Gasteiger partial charge in [0.2, 0.25) is 0 Å². The van der Waals surface area contributed by atoms with Gasteiger partial charge in [0.15, 0.2) is 0 Å². The smallest absolute Gasteiger partial charge is 0.314 e. The highest BCUT2D eigenvalue weighted by Crippen LogP contribution is 2.58. The number of rotatable bonds is 6. The molecule has 0 radical (unpaired) electrons. The van der Waals surface area contributed by atoms with Crippen molar-refractivity contribution in [3.05, 3.63) is 32.7 Å². The fraction of sp³-hybridized carbons (Fsp3) is 0.455. The Bertz CT molecular complexity index is 446. The largest absolute Gasteiger partial charge is 0.351 e. The average Bonchev–Trinajstić information content (AvgIpc) is 2.32. The van der Waals surface area contributed by atoms with Crippen LogP contribution < -0.4 is 5.73 Å². The maximum atomic E-state index is 12.5. The van der Waals surface area contributed by atoms with Crippen molar-refractivity contribution in [3.8, 4) is 0 Å². The molecule has 18 heavy (non-hydrogen) atoms. The summed E-state index contributed by atoms with van der Waals surface area (Å²) >= 11 is 6.76. The molecule has 2 N–H and O–H groups in total. The molecule has 1 aromatic rings. The first kappa shape index (κ1) is 16.3. The van der Waals surface area contributed by atoms with Crippen molar-refractivity contribution in [2.24, 2.45) is 5.73 Å². The Kier molecular flexibility index (Phi) is 6.51. The van der Waals surface area contributed by atoms with Gasteiger partial charge >= 0.3 is 7.60 Å². The van der Waals surface area contributed by atoms with Crippen LogP contribution in [0.1, 0.15) is 25.2 Å². The Balaban J connectivity index is 3.05. The molecule has 0 saturated heterocycles. The van der Waals surface area contributed by atoms with E-state index in [1.165, 1.54) is 0 Å². The monoisotopic (exact) mass is 399 g/mol. The molecule has 0 spiro atoms. The van der Waals surface area contributed by atoms with E-state index in [1.807, 2.05) is 6.07 Å². The maximum absolute atomic E-state index is 12.5. The molecule has 0 aliphatic heterocycles. The first-order valence-corrected chi connectivity index (χ1v) is 8.73. The SMILES string of the molecule is CCOP(=O)(OCC)[C@H](N)c1ccc(Br)c(Br)c1. The minimum atomic E-state index is -3.33. The second kappa shape index (κ2) is 7.17. The summed E-state index contributed by atoms with van der Waals surface area (Å²) in [5.74, 6) is -0.790. The summed E-state index contributed by atoms with van der Waals surface area (Å²) in [6.07, 6.45) is 0. The van der Waals surface area contributed by atoms with Crippen LogP contribution in [-0.2, 0) is 13.6 Å². The molecule has 0 aromatic heterocycles. The van der Waals surface area contributed by atoms with Gasteiger partial charge in [-0.3, -0.25) is 4.57 Å². The van der Waals surface area contributed by atoms with Crippen molar-refractivity contribution in [1.29, 1.82) is 0 Å². The number of hydrogen-bond donors (Lipinski definition) is 1. The minimum absolute atomic E-state index is 0.294. The van der Waals surface area contributed by atoms with Gasteiger partial charge in [0, 0.05) is 8.95 Å². The summed E-state index contributed by atoms with van der Waals surface area (Å²) < 4.78 is 24.7. The Hall–Kier alpha value is 0.290. The van der Waals surface area contributed by atoms with E-state index in [1.54, 1.807) is 26.0 Å². The van der Waals surface area contributed by atoms with Crippen LogP contribution in [0.15, 0.2) is 27.1 Å². The molecular formula is C11H16Br2NO3P. The first-order valence-electron chi connectivity index (χ1n) is 5.54. The minimum Gasteiger partial charge on any atom is -0.314 e. The number of nitrogens with two attached hydrogens (primary N) is 1. The molecule has 0 aliphatic carbocycles. The van der Waals surface area contributed by atoms with Gasteiger partial charge in [0.05, 0.1) is 13.2 Å². The highest BCUT2D eigenvalue weighted by Gasteiger charge is 2.34. The molecule has 1 rings (SSSR count). The van der Waals surface area contributed by atoms with Gasteiger partial charge in [0.1, 0.15) is 5.78 Å². The summed E-state index contributed by atoms with van der Waals surface area (Å²) in [6, 6.07) is 5.44. The molecule has 0 fully saturated rings. The second-order valence-electron chi connectivity index (χ2n) is 3.49. The molecule has 1 aromatic carbocycles. The maximum Gasteiger partial charge on any atom is 0.351 e. The summed E-state index contributed by atoms with van der Waals surface area (Å²) in [6.45, 7) is 4.11. The molecule has 102 valence electrons. The molecule has 0 bridgehead atoms. The van der Waals surface area contributed by atoms with Crippen molar-refractivity contribution < 1.29 is 13.6 Å². The van der Waals surface area contributed by atoms with Gasteiger partial charge in [-0.25, -0.2) is 0 Å². The lowest BCUT2D eigenvalue weighted by Gasteiger charge is -2.23. The summed E-state index contributed by atoms with van der Waals surface area (Å²) in [7, 11) is -3.33. The van der Waals surface area contributed by atoms with Crippen LogP contribution in [0, 0.1) is 0 Å². The fourth-order valence-corrected chi connectivity index (χ4v) is 3.72. The number of halogens is 2. The van der Waals surface area contributed by atoms with E-state index in [0.717, 1.165) is 8.95 Å². The zero-order valence-electron chi connectivity index (χ0n) is 10.2. The molecule has 0 unspecified atom stereocenters. The first-order chi connectivity index (χ1) is 8.44. The lowest BCUT2D eigenvalue weighted by atomic mass is 10.2. The van der Waals surface area contributed by atoms with E-state index in [2.05, 4.69) is 31.9 Å². The lowest BCUT2D eigenvalue weighted by molar-refractivity contribution is 0.212. The van der Waals surface area contributed by atoms with Crippen LogP contribution in [0.5, 0.6) is 0 Å². The van der Waals surface area contributed by atoms with E-state index in [4.69, 9.17) is 14.8 Å². The Morgan fingerprint density at radius 3 is 2.22 bits per heavy atom. The zero-order valence-corrected chi connectivity index (χ0v) is 14.3. The van der Waals surface area contributed by atoms with Gasteiger partial charge < -0.3 is 14.8 Å². The lowest BCUT2D eigenvalue weighted by Crippen LogP contribution is -2.15. The van der Waals surface area contributed by atoms with Gasteiger partial charge in [-0.05, 0) is 63.4 Å². The fourth-order valence-electron chi connectivity index (χ4n) is 1.44. The zero-order chi connectivity index (χ0) is 13.8. The average molecular weight is 401 g/mol. The topological polar surface area (TPSA) is 61.5 Å². The normalized spacial score (nSPS) is 13.6. The van der Waals surface area contributed by atoms with E-state index in [9.17, 15) is 4.57 Å². The van der Waals surface area contributed by atoms with E-state index < -0.39 is 13.4 Å². The molecule has 0 amide bonds. The van der Waals surface area contributed by atoms with E-state index >= 15 is 0 Å². The highest BCUT2D eigenvalue weighted by atomic mass is 79.9. The Labute approximate surface area is 124 Å². The molecule has 7 heteroatoms. The van der Waals surface area contributed by atoms with E-state index in [-0.39, 0.29) is 0 Å². The predicted octanol–water partition coefficient (Wildman–Crippen LogP) is 4.44. The molecule has 1 atom stereocenters. The van der Waals surface area contributed by atoms with Crippen LogP contribution in [0.2, 0.25) is 0 Å². The van der Waals surface area contributed by atoms with Crippen LogP contribution >= 0.6 is 39.5 Å². The van der Waals surface area contributed by atoms with Crippen molar-refractivity contribution in [2.75, 3.05) is 13.2 Å². The van der Waals surface area contributed by atoms with Crippen LogP contribution in [-0.4, -0.2) is 13.2 Å². The molecule has 0 heterocycles. The third kappa shape index (κ3) is 3.89. The third-order valence-corrected chi connectivity index (χ3v) is 6.34. The van der Waals surface area contributed by atoms with Gasteiger partial charge in [-0.2, -0.15) is 0 Å². The van der Waals surface area contributed by atoms with Crippen LogP contribution in [0.4, 0.5) is 0 Å². The van der Waals surface area contributed by atoms with Crippen molar-refractivity contribution in [1.82, 2.24) is 0 Å². The summed E-state index contributed by atoms with van der Waals surface area (Å²) in [5, 5.41) is 0. The standard InChI is InChI=1S/C11H16Br2NO3P/c1-3-16-18(15,17-4-2)11(14)8-5-6-9(12)10(13)7-8/h5-7,11H,3-4,14H2,1-2H3/t11-/m0/s1. The summed E-state index contributed by atoms with van der Waals surface area (Å²) in [5.41, 5.74) is 6.72. The molecule has 4 nitrogen and oxygen atoms in total. The van der Waals surface area contributed by atoms with Crippen molar-refractivity contribution >= 4 is 39.5 Å². The molecule has 0 aliphatic rings. The van der Waals surface area contributed by atoms with Gasteiger partial charge in [-0.1, -0.05) is 6.07 Å². The second-order valence-corrected chi connectivity index (χ2v) is 7.35. The van der Waals surface area contributed by atoms with Gasteiger partial charge in [0.25, 0.3) is 0 Å². The predicted molar refractivity (Wildman–Crippen MR) is 79.6 cm³/mol. The Morgan fingerprint density at radius 1 is 1.22 bits per heavy atom.